The van der Waals surface area contributed by atoms with E-state index in [1.54, 1.807) is 0 Å². The second-order valence-electron chi connectivity index (χ2n) is 4.08. The van der Waals surface area contributed by atoms with Gasteiger partial charge in [0, 0.05) is 0 Å². The van der Waals surface area contributed by atoms with Crippen molar-refractivity contribution in [1.82, 2.24) is 0 Å². The Hall–Kier alpha value is -1.70. The van der Waals surface area contributed by atoms with Crippen LogP contribution in [0.25, 0.3) is 0 Å². The van der Waals surface area contributed by atoms with Crippen LogP contribution in [0.1, 0.15) is 0 Å². The third-order valence-corrected chi connectivity index (χ3v) is 4.47. The molecule has 0 amide bonds. The van der Waals surface area contributed by atoms with Crippen LogP contribution < -0.4 is 10.5 Å². The number of benzene rings is 2. The number of nitrogens with two attached hydrogens (primary N) is 1. The minimum Gasteiger partial charge on any atom is -0.506 e. The lowest BCUT2D eigenvalue weighted by Crippen LogP contribution is -2.13. The van der Waals surface area contributed by atoms with Crippen LogP contribution in [-0.2, 0) is 10.0 Å². The fourth-order valence-electron chi connectivity index (χ4n) is 1.53. The minimum atomic E-state index is -3.98. The summed E-state index contributed by atoms with van der Waals surface area (Å²) in [6.45, 7) is 0. The molecular weight excluding hydrogens is 342 g/mol. The van der Waals surface area contributed by atoms with Crippen LogP contribution in [0.3, 0.4) is 0 Å². The van der Waals surface area contributed by atoms with E-state index in [0.717, 1.165) is 24.3 Å². The average molecular weight is 351 g/mol. The number of hydrogen-bond acceptors (Lipinski definition) is 4. The van der Waals surface area contributed by atoms with E-state index in [0.29, 0.717) is 0 Å². The Morgan fingerprint density at radius 3 is 2.24 bits per heavy atom. The number of hydrogen-bond donors (Lipinski definition) is 3. The highest BCUT2D eigenvalue weighted by atomic mass is 35.5. The Balaban J connectivity index is 2.39. The first-order valence-electron chi connectivity index (χ1n) is 5.46. The Morgan fingerprint density at radius 1 is 1.14 bits per heavy atom. The van der Waals surface area contributed by atoms with Crippen molar-refractivity contribution in [2.45, 2.75) is 4.90 Å². The summed E-state index contributed by atoms with van der Waals surface area (Å²) < 4.78 is 39.8. The number of nitrogens with one attached hydrogen (secondary N) is 1. The fraction of sp³-hybridized carbons (Fsp3) is 0. The van der Waals surface area contributed by atoms with Gasteiger partial charge in [-0.1, -0.05) is 23.2 Å². The van der Waals surface area contributed by atoms with Crippen LogP contribution in [0, 0.1) is 5.82 Å². The summed E-state index contributed by atoms with van der Waals surface area (Å²) in [5.41, 5.74) is 5.35. The summed E-state index contributed by atoms with van der Waals surface area (Å²) in [6, 6.07) is 5.58. The van der Waals surface area contributed by atoms with E-state index in [9.17, 15) is 17.9 Å². The third kappa shape index (κ3) is 3.31. The first-order valence-corrected chi connectivity index (χ1v) is 7.70. The zero-order valence-electron chi connectivity index (χ0n) is 10.3. The van der Waals surface area contributed by atoms with Gasteiger partial charge in [0.15, 0.2) is 5.82 Å². The molecule has 2 aromatic rings. The Morgan fingerprint density at radius 2 is 1.71 bits per heavy atom. The lowest BCUT2D eigenvalue weighted by atomic mass is 10.3. The van der Waals surface area contributed by atoms with E-state index < -0.39 is 15.8 Å². The summed E-state index contributed by atoms with van der Waals surface area (Å²) in [5.74, 6) is -1.07. The summed E-state index contributed by atoms with van der Waals surface area (Å²) in [5, 5.41) is 8.66. The van der Waals surface area contributed by atoms with Crippen molar-refractivity contribution in [2.75, 3.05) is 10.5 Å². The van der Waals surface area contributed by atoms with Gasteiger partial charge in [-0.05, 0) is 30.3 Å². The second kappa shape index (κ2) is 5.59. The molecule has 4 N–H and O–H groups in total. The maximum atomic E-state index is 13.3. The molecule has 0 fully saturated rings. The summed E-state index contributed by atoms with van der Waals surface area (Å²) in [6.07, 6.45) is 0. The van der Waals surface area contributed by atoms with Crippen molar-refractivity contribution in [3.63, 3.8) is 0 Å². The van der Waals surface area contributed by atoms with Crippen LogP contribution in [0.4, 0.5) is 15.8 Å². The van der Waals surface area contributed by atoms with Crippen molar-refractivity contribution in [1.29, 1.82) is 0 Å². The van der Waals surface area contributed by atoms with Crippen LogP contribution in [0.5, 0.6) is 5.75 Å². The maximum Gasteiger partial charge on any atom is 0.261 e. The van der Waals surface area contributed by atoms with E-state index in [1.165, 1.54) is 6.07 Å². The van der Waals surface area contributed by atoms with Crippen molar-refractivity contribution in [3.8, 4) is 5.75 Å². The molecule has 0 unspecified atom stereocenters. The molecule has 2 aromatic carbocycles. The number of halogens is 3. The minimum absolute atomic E-state index is 0.00181. The normalized spacial score (nSPS) is 11.4. The largest absolute Gasteiger partial charge is 0.506 e. The smallest absolute Gasteiger partial charge is 0.261 e. The number of nitrogen functional groups attached to an aromatic ring is 1. The third-order valence-electron chi connectivity index (χ3n) is 2.55. The van der Waals surface area contributed by atoms with Gasteiger partial charge in [-0.15, -0.1) is 0 Å². The van der Waals surface area contributed by atoms with E-state index in [4.69, 9.17) is 28.9 Å². The lowest BCUT2D eigenvalue weighted by Gasteiger charge is -2.10. The van der Waals surface area contributed by atoms with Crippen LogP contribution in [-0.4, -0.2) is 13.5 Å². The van der Waals surface area contributed by atoms with Crippen molar-refractivity contribution < 1.29 is 17.9 Å². The van der Waals surface area contributed by atoms with Gasteiger partial charge in [-0.3, -0.25) is 4.72 Å². The highest BCUT2D eigenvalue weighted by Crippen LogP contribution is 2.29. The quantitative estimate of drug-likeness (QED) is 0.450. The van der Waals surface area contributed by atoms with Crippen molar-refractivity contribution >= 4 is 44.6 Å². The molecule has 0 saturated heterocycles. The maximum absolute atomic E-state index is 13.3. The SMILES string of the molecule is Nc1cc(S(=O)(=O)Nc2cc(Cl)c(F)c(Cl)c2)ccc1O. The van der Waals surface area contributed by atoms with E-state index in [2.05, 4.69) is 4.72 Å². The predicted molar refractivity (Wildman–Crippen MR) is 79.7 cm³/mol. The van der Waals surface area contributed by atoms with E-state index >= 15 is 0 Å². The van der Waals surface area contributed by atoms with Crippen LogP contribution in [0.2, 0.25) is 10.0 Å². The second-order valence-corrected chi connectivity index (χ2v) is 6.58. The van der Waals surface area contributed by atoms with Gasteiger partial charge in [0.2, 0.25) is 0 Å². The number of phenols is 1. The summed E-state index contributed by atoms with van der Waals surface area (Å²) >= 11 is 11.2. The molecule has 0 bridgehead atoms. The molecule has 21 heavy (non-hydrogen) atoms. The molecule has 0 spiro atoms. The van der Waals surface area contributed by atoms with Crippen molar-refractivity contribution in [3.05, 3.63) is 46.2 Å². The monoisotopic (exact) mass is 350 g/mol. The van der Waals surface area contributed by atoms with E-state index in [-0.39, 0.29) is 32.1 Å². The number of aromatic hydroxyl groups is 1. The van der Waals surface area contributed by atoms with E-state index in [1.807, 2.05) is 0 Å². The standard InChI is InChI=1S/C12H9Cl2FN2O3S/c13-8-3-6(4-9(14)12(8)15)17-21(19,20)7-1-2-11(18)10(16)5-7/h1-5,17-18H,16H2. The summed E-state index contributed by atoms with van der Waals surface area (Å²) in [7, 11) is -3.98. The molecule has 0 aliphatic rings. The molecule has 2 rings (SSSR count). The molecule has 5 nitrogen and oxygen atoms in total. The van der Waals surface area contributed by atoms with Crippen LogP contribution >= 0.6 is 23.2 Å². The molecular formula is C12H9Cl2FN2O3S. The number of sulfonamides is 1. The topological polar surface area (TPSA) is 92.4 Å². The Labute approximate surface area is 130 Å². The molecule has 0 aliphatic heterocycles. The fourth-order valence-corrected chi connectivity index (χ4v) is 3.09. The summed E-state index contributed by atoms with van der Waals surface area (Å²) in [4.78, 5) is -0.172. The molecule has 0 aliphatic carbocycles. The van der Waals surface area contributed by atoms with Gasteiger partial charge in [-0.25, -0.2) is 12.8 Å². The Kier molecular flexibility index (Phi) is 4.18. The molecule has 0 heterocycles. The van der Waals surface area contributed by atoms with Gasteiger partial charge < -0.3 is 10.8 Å². The number of rotatable bonds is 3. The van der Waals surface area contributed by atoms with Crippen molar-refractivity contribution in [2.24, 2.45) is 0 Å². The number of phenolic OH excluding ortho intramolecular Hbond substituents is 1. The Bertz CT molecular complexity index is 789. The van der Waals surface area contributed by atoms with Gasteiger partial charge in [-0.2, -0.15) is 0 Å². The number of anilines is 2. The zero-order chi connectivity index (χ0) is 15.8. The van der Waals surface area contributed by atoms with Crippen LogP contribution in [0.15, 0.2) is 35.2 Å². The molecule has 0 radical (unpaired) electrons. The van der Waals surface area contributed by atoms with Gasteiger partial charge >= 0.3 is 0 Å². The highest BCUT2D eigenvalue weighted by molar-refractivity contribution is 7.92. The lowest BCUT2D eigenvalue weighted by molar-refractivity contribution is 0.477. The molecule has 0 aromatic heterocycles. The average Bonchev–Trinajstić information content (AvgIpc) is 2.38. The van der Waals surface area contributed by atoms with Gasteiger partial charge in [0.05, 0.1) is 26.3 Å². The van der Waals surface area contributed by atoms with Gasteiger partial charge in [0.25, 0.3) is 10.0 Å². The molecule has 9 heteroatoms. The predicted octanol–water partition coefficient (Wildman–Crippen LogP) is 3.22. The first-order chi connectivity index (χ1) is 9.70. The molecule has 0 atom stereocenters. The van der Waals surface area contributed by atoms with Gasteiger partial charge in [0.1, 0.15) is 5.75 Å². The molecule has 112 valence electrons. The zero-order valence-corrected chi connectivity index (χ0v) is 12.6. The first kappa shape index (κ1) is 15.7. The highest BCUT2D eigenvalue weighted by Gasteiger charge is 2.17. The molecule has 0 saturated carbocycles.